The average Bonchev–Trinajstić information content (AvgIpc) is 3.09. The monoisotopic (exact) mass is 328 g/mol. The zero-order valence-corrected chi connectivity index (χ0v) is 14.7. The number of benzene rings is 2. The topological polar surface area (TPSA) is 17.0 Å². The van der Waals surface area contributed by atoms with Gasteiger partial charge in [0.15, 0.2) is 0 Å². The Morgan fingerprint density at radius 2 is 1.64 bits per heavy atom. The van der Waals surface area contributed by atoms with Gasteiger partial charge in [0, 0.05) is 12.0 Å². The highest BCUT2D eigenvalue weighted by Crippen LogP contribution is 2.57. The maximum atomic E-state index is 6.42. The van der Waals surface area contributed by atoms with E-state index in [0.29, 0.717) is 0 Å². The second-order valence-electron chi connectivity index (χ2n) is 7.12. The van der Waals surface area contributed by atoms with Gasteiger partial charge in [0.05, 0.1) is 11.0 Å². The Bertz CT molecular complexity index is 984. The molecule has 0 fully saturated rings. The van der Waals surface area contributed by atoms with Gasteiger partial charge in [-0.2, -0.15) is 4.57 Å². The Morgan fingerprint density at radius 1 is 0.880 bits per heavy atom. The predicted octanol–water partition coefficient (Wildman–Crippen LogP) is 5.24. The lowest BCUT2D eigenvalue weighted by atomic mass is 9.53. The molecule has 3 aromatic rings. The van der Waals surface area contributed by atoms with Crippen molar-refractivity contribution in [2.45, 2.75) is 37.6 Å². The first-order valence-corrected chi connectivity index (χ1v) is 9.17. The molecule has 2 unspecified atom stereocenters. The van der Waals surface area contributed by atoms with Gasteiger partial charge >= 0.3 is 5.89 Å². The standard InChI is InChI=1S/C23H22NO/c1-3-22-14-15-23(22,4-2)24-16-20(17-10-6-5-7-11-17)25-21(24)18-12-8-9-13-19(18)22/h5-16H,3-4H2,1-2H3/q+1. The third kappa shape index (κ3) is 1.62. The fourth-order valence-corrected chi connectivity index (χ4v) is 4.94. The summed E-state index contributed by atoms with van der Waals surface area (Å²) in [6.45, 7) is 4.59. The third-order valence-electron chi connectivity index (χ3n) is 6.31. The van der Waals surface area contributed by atoms with E-state index in [1.54, 1.807) is 0 Å². The highest BCUT2D eigenvalue weighted by molar-refractivity contribution is 5.67. The van der Waals surface area contributed by atoms with Gasteiger partial charge in [0.25, 0.3) is 0 Å². The molecule has 2 aliphatic rings. The first-order chi connectivity index (χ1) is 12.3. The second-order valence-corrected chi connectivity index (χ2v) is 7.12. The summed E-state index contributed by atoms with van der Waals surface area (Å²) < 4.78 is 8.81. The molecular formula is C23H22NO+. The van der Waals surface area contributed by atoms with Crippen molar-refractivity contribution < 1.29 is 8.98 Å². The van der Waals surface area contributed by atoms with Crippen LogP contribution in [-0.2, 0) is 11.0 Å². The van der Waals surface area contributed by atoms with Gasteiger partial charge in [-0.15, -0.1) is 0 Å². The molecule has 2 atom stereocenters. The summed E-state index contributed by atoms with van der Waals surface area (Å²) in [4.78, 5) is 0. The molecule has 2 aromatic carbocycles. The Labute approximate surface area is 148 Å². The van der Waals surface area contributed by atoms with Crippen molar-refractivity contribution in [1.82, 2.24) is 0 Å². The van der Waals surface area contributed by atoms with Crippen molar-refractivity contribution in [3.05, 3.63) is 78.5 Å². The number of aromatic nitrogens is 1. The van der Waals surface area contributed by atoms with Gasteiger partial charge in [-0.25, -0.2) is 0 Å². The fourth-order valence-electron chi connectivity index (χ4n) is 4.94. The van der Waals surface area contributed by atoms with E-state index in [1.165, 1.54) is 11.1 Å². The Morgan fingerprint density at radius 3 is 2.32 bits per heavy atom. The average molecular weight is 328 g/mol. The van der Waals surface area contributed by atoms with Gasteiger partial charge in [-0.3, -0.25) is 0 Å². The Kier molecular flexibility index (Phi) is 2.91. The molecule has 0 saturated heterocycles. The van der Waals surface area contributed by atoms with E-state index in [0.717, 1.165) is 30.1 Å². The third-order valence-corrected chi connectivity index (χ3v) is 6.31. The van der Waals surface area contributed by atoms with Gasteiger partial charge in [-0.1, -0.05) is 68.5 Å². The molecule has 1 aliphatic heterocycles. The quantitative estimate of drug-likeness (QED) is 0.475. The van der Waals surface area contributed by atoms with Crippen molar-refractivity contribution in [1.29, 1.82) is 0 Å². The molecule has 1 aliphatic carbocycles. The van der Waals surface area contributed by atoms with Crippen LogP contribution in [0.1, 0.15) is 32.3 Å². The summed E-state index contributed by atoms with van der Waals surface area (Å²) in [5, 5.41) is 0. The number of hydrogen-bond donors (Lipinski definition) is 0. The first-order valence-electron chi connectivity index (χ1n) is 9.17. The number of nitrogens with zero attached hydrogens (tertiary/aromatic N) is 1. The van der Waals surface area contributed by atoms with E-state index in [4.69, 9.17) is 4.42 Å². The van der Waals surface area contributed by atoms with Crippen molar-refractivity contribution in [3.63, 3.8) is 0 Å². The molecule has 0 saturated carbocycles. The zero-order chi connectivity index (χ0) is 17.1. The van der Waals surface area contributed by atoms with E-state index in [-0.39, 0.29) is 11.0 Å². The molecule has 1 aromatic heterocycles. The van der Waals surface area contributed by atoms with E-state index >= 15 is 0 Å². The number of fused-ring (bicyclic) bond motifs is 6. The number of hydrogen-bond acceptors (Lipinski definition) is 1. The van der Waals surface area contributed by atoms with Crippen molar-refractivity contribution in [2.75, 3.05) is 0 Å². The maximum Gasteiger partial charge on any atom is 0.382 e. The van der Waals surface area contributed by atoms with E-state index < -0.39 is 0 Å². The highest BCUT2D eigenvalue weighted by atomic mass is 16.4. The normalized spacial score (nSPS) is 25.7. The largest absolute Gasteiger partial charge is 0.398 e. The molecule has 0 bridgehead atoms. The summed E-state index contributed by atoms with van der Waals surface area (Å²) in [7, 11) is 0. The molecule has 124 valence electrons. The Hall–Kier alpha value is -2.61. The van der Waals surface area contributed by atoms with Crippen LogP contribution >= 0.6 is 0 Å². The highest BCUT2D eigenvalue weighted by Gasteiger charge is 2.65. The number of oxazole rings is 1. The lowest BCUT2D eigenvalue weighted by Gasteiger charge is -2.50. The smallest absolute Gasteiger partial charge is 0.382 e. The summed E-state index contributed by atoms with van der Waals surface area (Å²) in [5.41, 5.74) is 3.78. The van der Waals surface area contributed by atoms with Crippen LogP contribution < -0.4 is 4.57 Å². The minimum absolute atomic E-state index is 0.0258. The predicted molar refractivity (Wildman–Crippen MR) is 99.1 cm³/mol. The van der Waals surface area contributed by atoms with Gasteiger partial charge < -0.3 is 4.42 Å². The zero-order valence-electron chi connectivity index (χ0n) is 14.7. The van der Waals surface area contributed by atoms with E-state index in [9.17, 15) is 0 Å². The van der Waals surface area contributed by atoms with Crippen molar-refractivity contribution in [2.24, 2.45) is 0 Å². The van der Waals surface area contributed by atoms with Crippen LogP contribution in [0.2, 0.25) is 0 Å². The van der Waals surface area contributed by atoms with Gasteiger partial charge in [-0.05, 0) is 24.1 Å². The van der Waals surface area contributed by atoms with Crippen molar-refractivity contribution in [3.8, 4) is 22.8 Å². The summed E-state index contributed by atoms with van der Waals surface area (Å²) in [6, 6.07) is 19.1. The van der Waals surface area contributed by atoms with Gasteiger partial charge in [0.1, 0.15) is 0 Å². The molecular weight excluding hydrogens is 306 g/mol. The summed E-state index contributed by atoms with van der Waals surface area (Å²) >= 11 is 0. The first kappa shape index (κ1) is 14.7. The summed E-state index contributed by atoms with van der Waals surface area (Å²) in [6.07, 6.45) is 9.13. The molecule has 0 spiro atoms. The van der Waals surface area contributed by atoms with Crippen LogP contribution in [0.25, 0.3) is 22.8 Å². The van der Waals surface area contributed by atoms with Gasteiger partial charge in [0.2, 0.25) is 17.5 Å². The summed E-state index contributed by atoms with van der Waals surface area (Å²) in [5.74, 6) is 1.91. The van der Waals surface area contributed by atoms with Crippen LogP contribution in [-0.4, -0.2) is 0 Å². The van der Waals surface area contributed by atoms with Crippen LogP contribution in [0, 0.1) is 0 Å². The molecule has 25 heavy (non-hydrogen) atoms. The van der Waals surface area contributed by atoms with Crippen LogP contribution in [0.5, 0.6) is 0 Å². The van der Waals surface area contributed by atoms with Crippen LogP contribution in [0.15, 0.2) is 77.4 Å². The van der Waals surface area contributed by atoms with Crippen LogP contribution in [0.4, 0.5) is 0 Å². The lowest BCUT2D eigenvalue weighted by Crippen LogP contribution is -2.71. The minimum atomic E-state index is -0.0258. The molecule has 0 radical (unpaired) electrons. The van der Waals surface area contributed by atoms with E-state index in [2.05, 4.69) is 85.3 Å². The molecule has 2 nitrogen and oxygen atoms in total. The maximum absolute atomic E-state index is 6.42. The minimum Gasteiger partial charge on any atom is -0.398 e. The number of allylic oxidation sites excluding steroid dienone is 2. The van der Waals surface area contributed by atoms with E-state index in [1.807, 2.05) is 6.07 Å². The molecule has 0 N–H and O–H groups in total. The number of rotatable bonds is 3. The molecule has 0 amide bonds. The molecule has 2 heterocycles. The lowest BCUT2D eigenvalue weighted by molar-refractivity contribution is -0.760. The molecule has 2 heteroatoms. The molecule has 5 rings (SSSR count). The fraction of sp³-hybridized carbons (Fsp3) is 0.261. The second kappa shape index (κ2) is 4.95. The Balaban J connectivity index is 1.83. The van der Waals surface area contributed by atoms with Crippen LogP contribution in [0.3, 0.4) is 0 Å². The van der Waals surface area contributed by atoms with Crippen molar-refractivity contribution >= 4 is 0 Å². The SMILES string of the molecule is CCC12C=CC1(CC)[n+]1cc(-c3ccccc3)oc1-c1ccccc12.